The number of alkyl halides is 2. The van der Waals surface area contributed by atoms with E-state index >= 15 is 0 Å². The Kier molecular flexibility index (Phi) is 5.93. The van der Waals surface area contributed by atoms with Crippen molar-refractivity contribution < 1.29 is 17.6 Å². The second kappa shape index (κ2) is 8.78. The van der Waals surface area contributed by atoms with Crippen LogP contribution < -0.4 is 10.2 Å². The van der Waals surface area contributed by atoms with Crippen molar-refractivity contribution in [1.29, 1.82) is 0 Å². The number of aromatic nitrogens is 3. The Morgan fingerprint density at radius 3 is 2.53 bits per heavy atom. The topological polar surface area (TPSA) is 57.2 Å². The molecule has 6 nitrogen and oxygen atoms in total. The first-order chi connectivity index (χ1) is 14.5. The molecule has 2 aromatic heterocycles. The molecule has 1 saturated heterocycles. The Balaban J connectivity index is 1.49. The molecule has 30 heavy (non-hydrogen) atoms. The number of nitrogens with zero attached hydrogens (tertiary/aromatic N) is 5. The highest BCUT2D eigenvalue weighted by Gasteiger charge is 2.23. The molecule has 1 fully saturated rings. The van der Waals surface area contributed by atoms with E-state index < -0.39 is 24.6 Å². The first kappa shape index (κ1) is 20.3. The standard InChI is InChI=1S/C20H20F4N6/c21-14-2-1-13(15(22)9-14)12-29-5-7-30(8-6-29)20-19(26-11-18(23)24)27-16-3-4-25-10-17(16)28-20/h1-4,9-10,18H,5-8,11-12H2,(H,26,27). The van der Waals surface area contributed by atoms with Crippen molar-refractivity contribution in [3.8, 4) is 0 Å². The van der Waals surface area contributed by atoms with Crippen LogP contribution in [-0.2, 0) is 6.54 Å². The van der Waals surface area contributed by atoms with Gasteiger partial charge in [-0.25, -0.2) is 27.5 Å². The van der Waals surface area contributed by atoms with E-state index in [2.05, 4.69) is 25.2 Å². The van der Waals surface area contributed by atoms with Gasteiger partial charge < -0.3 is 10.2 Å². The lowest BCUT2D eigenvalue weighted by molar-refractivity contribution is 0.163. The molecule has 0 spiro atoms. The van der Waals surface area contributed by atoms with Crippen LogP contribution in [0.4, 0.5) is 29.2 Å². The number of pyridine rings is 1. The molecule has 10 heteroatoms. The van der Waals surface area contributed by atoms with Crippen LogP contribution >= 0.6 is 0 Å². The number of anilines is 2. The molecule has 1 aliphatic rings. The molecule has 3 aromatic rings. The van der Waals surface area contributed by atoms with Crippen molar-refractivity contribution in [2.24, 2.45) is 0 Å². The van der Waals surface area contributed by atoms with Gasteiger partial charge in [0.15, 0.2) is 11.6 Å². The molecule has 0 unspecified atom stereocenters. The van der Waals surface area contributed by atoms with Crippen molar-refractivity contribution in [2.75, 3.05) is 42.9 Å². The van der Waals surface area contributed by atoms with Crippen molar-refractivity contribution >= 4 is 22.7 Å². The van der Waals surface area contributed by atoms with Gasteiger partial charge in [0.05, 0.1) is 18.3 Å². The summed E-state index contributed by atoms with van der Waals surface area (Å²) in [6.07, 6.45) is 0.632. The predicted molar refractivity (Wildman–Crippen MR) is 106 cm³/mol. The summed E-state index contributed by atoms with van der Waals surface area (Å²) >= 11 is 0. The normalized spacial score (nSPS) is 15.2. The molecular formula is C20H20F4N6. The fourth-order valence-corrected chi connectivity index (χ4v) is 3.42. The number of rotatable bonds is 6. The second-order valence-electron chi connectivity index (χ2n) is 7.03. The number of piperazine rings is 1. The number of hydrogen-bond acceptors (Lipinski definition) is 6. The highest BCUT2D eigenvalue weighted by molar-refractivity contribution is 5.79. The highest BCUT2D eigenvalue weighted by atomic mass is 19.3. The predicted octanol–water partition coefficient (Wildman–Crippen LogP) is 3.30. The number of hydrogen-bond donors (Lipinski definition) is 1. The maximum Gasteiger partial charge on any atom is 0.255 e. The molecule has 1 aliphatic heterocycles. The van der Waals surface area contributed by atoms with E-state index in [4.69, 9.17) is 0 Å². The summed E-state index contributed by atoms with van der Waals surface area (Å²) in [4.78, 5) is 17.1. The van der Waals surface area contributed by atoms with Crippen molar-refractivity contribution in [1.82, 2.24) is 19.9 Å². The van der Waals surface area contributed by atoms with Gasteiger partial charge in [0.1, 0.15) is 17.2 Å². The minimum absolute atomic E-state index is 0.298. The van der Waals surface area contributed by atoms with Crippen molar-refractivity contribution in [3.63, 3.8) is 0 Å². The average molecular weight is 420 g/mol. The largest absolute Gasteiger partial charge is 0.361 e. The third-order valence-electron chi connectivity index (χ3n) is 4.95. The van der Waals surface area contributed by atoms with Crippen LogP contribution in [0.1, 0.15) is 5.56 Å². The van der Waals surface area contributed by atoms with Crippen LogP contribution in [0.15, 0.2) is 36.7 Å². The average Bonchev–Trinajstić information content (AvgIpc) is 2.74. The minimum atomic E-state index is -2.52. The quantitative estimate of drug-likeness (QED) is 0.618. The van der Waals surface area contributed by atoms with Gasteiger partial charge in [0.25, 0.3) is 6.43 Å². The van der Waals surface area contributed by atoms with E-state index in [0.717, 1.165) is 6.07 Å². The van der Waals surface area contributed by atoms with Crippen LogP contribution in [-0.4, -0.2) is 59.0 Å². The third-order valence-corrected chi connectivity index (χ3v) is 4.95. The molecule has 0 saturated carbocycles. The Bertz CT molecular complexity index is 1020. The lowest BCUT2D eigenvalue weighted by atomic mass is 10.1. The smallest absolute Gasteiger partial charge is 0.255 e. The number of halogens is 4. The first-order valence-corrected chi connectivity index (χ1v) is 9.54. The maximum absolute atomic E-state index is 13.9. The van der Waals surface area contributed by atoms with E-state index in [9.17, 15) is 17.6 Å². The summed E-state index contributed by atoms with van der Waals surface area (Å²) in [6, 6.07) is 5.25. The van der Waals surface area contributed by atoms with Gasteiger partial charge in [-0.2, -0.15) is 0 Å². The molecule has 0 bridgehead atoms. The van der Waals surface area contributed by atoms with Crippen LogP contribution in [0.25, 0.3) is 11.0 Å². The Morgan fingerprint density at radius 1 is 1.00 bits per heavy atom. The zero-order chi connectivity index (χ0) is 21.1. The second-order valence-corrected chi connectivity index (χ2v) is 7.03. The summed E-state index contributed by atoms with van der Waals surface area (Å²) in [5.41, 5.74) is 1.57. The van der Waals surface area contributed by atoms with Gasteiger partial charge >= 0.3 is 0 Å². The molecule has 4 rings (SSSR count). The summed E-state index contributed by atoms with van der Waals surface area (Å²) in [5, 5.41) is 2.68. The van der Waals surface area contributed by atoms with Crippen molar-refractivity contribution in [3.05, 3.63) is 53.9 Å². The number of benzene rings is 1. The summed E-state index contributed by atoms with van der Waals surface area (Å²) in [7, 11) is 0. The van der Waals surface area contributed by atoms with Gasteiger partial charge in [0, 0.05) is 50.6 Å². The van der Waals surface area contributed by atoms with Crippen LogP contribution in [0.2, 0.25) is 0 Å². The molecular weight excluding hydrogens is 400 g/mol. The Labute approximate surface area is 170 Å². The van der Waals surface area contributed by atoms with Gasteiger partial charge in [-0.3, -0.25) is 9.88 Å². The zero-order valence-electron chi connectivity index (χ0n) is 16.0. The molecule has 1 N–H and O–H groups in total. The summed E-state index contributed by atoms with van der Waals surface area (Å²) < 4.78 is 52.5. The summed E-state index contributed by atoms with van der Waals surface area (Å²) in [6.45, 7) is 2.18. The van der Waals surface area contributed by atoms with Crippen LogP contribution in [0.5, 0.6) is 0 Å². The Morgan fingerprint density at radius 2 is 1.80 bits per heavy atom. The zero-order valence-corrected chi connectivity index (χ0v) is 16.0. The highest BCUT2D eigenvalue weighted by Crippen LogP contribution is 2.26. The van der Waals surface area contributed by atoms with E-state index in [0.29, 0.717) is 61.0 Å². The molecule has 0 amide bonds. The molecule has 1 aromatic carbocycles. The maximum atomic E-state index is 13.9. The van der Waals surface area contributed by atoms with Gasteiger partial charge in [0.2, 0.25) is 0 Å². The first-order valence-electron chi connectivity index (χ1n) is 9.54. The van der Waals surface area contributed by atoms with Crippen molar-refractivity contribution in [2.45, 2.75) is 13.0 Å². The van der Waals surface area contributed by atoms with Gasteiger partial charge in [-0.05, 0) is 12.1 Å². The third kappa shape index (κ3) is 4.59. The van der Waals surface area contributed by atoms with Crippen LogP contribution in [0, 0.1) is 11.6 Å². The van der Waals surface area contributed by atoms with E-state index in [-0.39, 0.29) is 0 Å². The number of fused-ring (bicyclic) bond motifs is 1. The monoisotopic (exact) mass is 420 g/mol. The SMILES string of the molecule is Fc1ccc(CN2CCN(c3nc4cnccc4nc3NCC(F)F)CC2)c(F)c1. The fourth-order valence-electron chi connectivity index (χ4n) is 3.42. The lowest BCUT2D eigenvalue weighted by Crippen LogP contribution is -2.46. The molecule has 158 valence electrons. The number of nitrogens with one attached hydrogen (secondary N) is 1. The molecule has 0 radical (unpaired) electrons. The lowest BCUT2D eigenvalue weighted by Gasteiger charge is -2.36. The minimum Gasteiger partial charge on any atom is -0.361 e. The van der Waals surface area contributed by atoms with E-state index in [1.54, 1.807) is 18.5 Å². The fraction of sp³-hybridized carbons (Fsp3) is 0.350. The molecule has 3 heterocycles. The summed E-state index contributed by atoms with van der Waals surface area (Å²) in [5.74, 6) is -0.381. The Hall–Kier alpha value is -3.01. The van der Waals surface area contributed by atoms with Gasteiger partial charge in [-0.15, -0.1) is 0 Å². The van der Waals surface area contributed by atoms with Gasteiger partial charge in [-0.1, -0.05) is 6.07 Å². The van der Waals surface area contributed by atoms with Crippen LogP contribution in [0.3, 0.4) is 0 Å². The van der Waals surface area contributed by atoms with E-state index in [1.165, 1.54) is 12.1 Å². The molecule has 0 atom stereocenters. The molecule has 0 aliphatic carbocycles. The van der Waals surface area contributed by atoms with E-state index in [1.807, 2.05) is 4.90 Å².